The van der Waals surface area contributed by atoms with Crippen molar-refractivity contribution < 1.29 is 0 Å². The molecule has 4 unspecified atom stereocenters. The van der Waals surface area contributed by atoms with Crippen LogP contribution in [0.15, 0.2) is 11.6 Å². The average Bonchev–Trinajstić information content (AvgIpc) is 2.77. The highest BCUT2D eigenvalue weighted by Gasteiger charge is 2.48. The minimum absolute atomic E-state index is 0.574. The first kappa shape index (κ1) is 8.68. The van der Waals surface area contributed by atoms with Gasteiger partial charge in [-0.1, -0.05) is 0 Å². The van der Waals surface area contributed by atoms with Gasteiger partial charge in [-0.15, -0.1) is 0 Å². The van der Waals surface area contributed by atoms with E-state index in [2.05, 4.69) is 27.3 Å². The Morgan fingerprint density at radius 3 is 3.21 bits per heavy atom. The van der Waals surface area contributed by atoms with Crippen LogP contribution >= 0.6 is 11.5 Å². The molecule has 4 atom stereocenters. The summed E-state index contributed by atoms with van der Waals surface area (Å²) in [7, 11) is 0. The summed E-state index contributed by atoms with van der Waals surface area (Å²) in [5.41, 5.74) is 1.17. The van der Waals surface area contributed by atoms with Crippen LogP contribution in [0.3, 0.4) is 0 Å². The van der Waals surface area contributed by atoms with Crippen molar-refractivity contribution in [1.82, 2.24) is 9.69 Å². The average molecular weight is 209 g/mol. The molecule has 2 bridgehead atoms. The summed E-state index contributed by atoms with van der Waals surface area (Å²) < 4.78 is 4.10. The van der Waals surface area contributed by atoms with Crippen molar-refractivity contribution in [3.05, 3.63) is 11.6 Å². The summed E-state index contributed by atoms with van der Waals surface area (Å²) in [4.78, 5) is 0. The van der Waals surface area contributed by atoms with Crippen LogP contribution in [0.4, 0.5) is 5.69 Å². The minimum atomic E-state index is 0.574. The Hall–Kier alpha value is -0.610. The van der Waals surface area contributed by atoms with Crippen LogP contribution in [-0.4, -0.2) is 23.0 Å². The zero-order valence-corrected chi connectivity index (χ0v) is 9.05. The Labute approximate surface area is 88.1 Å². The van der Waals surface area contributed by atoms with Gasteiger partial charge in [-0.2, -0.15) is 4.37 Å². The topological polar surface area (TPSA) is 37.0 Å². The summed E-state index contributed by atoms with van der Waals surface area (Å²) in [6.45, 7) is 3.51. The van der Waals surface area contributed by atoms with E-state index in [4.69, 9.17) is 0 Å². The maximum atomic E-state index is 4.10. The van der Waals surface area contributed by atoms with Crippen LogP contribution in [-0.2, 0) is 0 Å². The quantitative estimate of drug-likeness (QED) is 0.793. The second kappa shape index (κ2) is 3.21. The van der Waals surface area contributed by atoms with Gasteiger partial charge in [0.15, 0.2) is 0 Å². The number of hydrogen-bond donors (Lipinski definition) is 2. The third-order valence-corrected chi connectivity index (χ3v) is 4.20. The second-order valence-electron chi connectivity index (χ2n) is 4.43. The summed E-state index contributed by atoms with van der Waals surface area (Å²) >= 11 is 1.51. The van der Waals surface area contributed by atoms with E-state index < -0.39 is 0 Å². The molecule has 14 heavy (non-hydrogen) atoms. The molecule has 3 nitrogen and oxygen atoms in total. The van der Waals surface area contributed by atoms with Gasteiger partial charge in [-0.05, 0) is 43.3 Å². The molecule has 3 fully saturated rings. The standard InChI is InChI=1S/C10H15N3S/c1-6(13-8-4-12-14-5-8)10-7-2-9(10)11-3-7/h4-7,9-11,13H,2-3H2,1H3. The van der Waals surface area contributed by atoms with Crippen LogP contribution in [0.2, 0.25) is 0 Å². The minimum Gasteiger partial charge on any atom is -0.380 e. The first-order valence-corrected chi connectivity index (χ1v) is 6.07. The molecule has 0 spiro atoms. The normalized spacial score (nSPS) is 36.5. The molecule has 4 rings (SSSR count). The number of fused-ring (bicyclic) bond motifs is 1. The molecule has 3 aliphatic rings. The summed E-state index contributed by atoms with van der Waals surface area (Å²) in [5.74, 6) is 1.74. The number of aromatic nitrogens is 1. The maximum absolute atomic E-state index is 4.10. The van der Waals surface area contributed by atoms with E-state index in [-0.39, 0.29) is 0 Å². The van der Waals surface area contributed by atoms with E-state index in [0.717, 1.165) is 17.9 Å². The van der Waals surface area contributed by atoms with Gasteiger partial charge in [0, 0.05) is 17.5 Å². The summed E-state index contributed by atoms with van der Waals surface area (Å²) in [6.07, 6.45) is 3.30. The number of nitrogens with one attached hydrogen (secondary N) is 2. The van der Waals surface area contributed by atoms with Crippen LogP contribution in [0.5, 0.6) is 0 Å². The predicted octanol–water partition coefficient (Wildman–Crippen LogP) is 1.55. The number of rotatable bonds is 3. The fourth-order valence-electron chi connectivity index (χ4n) is 2.91. The summed E-state index contributed by atoms with van der Waals surface area (Å²) in [6, 6.07) is 1.35. The highest BCUT2D eigenvalue weighted by Crippen LogP contribution is 2.42. The van der Waals surface area contributed by atoms with Crippen molar-refractivity contribution in [3.8, 4) is 0 Å². The first-order valence-electron chi connectivity index (χ1n) is 5.24. The first-order chi connectivity index (χ1) is 6.84. The Balaban J connectivity index is 1.64. The van der Waals surface area contributed by atoms with Crippen molar-refractivity contribution in [2.45, 2.75) is 25.4 Å². The molecule has 1 aromatic heterocycles. The van der Waals surface area contributed by atoms with Gasteiger partial charge in [0.25, 0.3) is 0 Å². The molecule has 0 radical (unpaired) electrons. The fourth-order valence-corrected chi connectivity index (χ4v) is 3.38. The van der Waals surface area contributed by atoms with E-state index in [1.54, 1.807) is 0 Å². The van der Waals surface area contributed by atoms with Crippen LogP contribution in [0.1, 0.15) is 13.3 Å². The molecule has 1 aromatic rings. The Kier molecular flexibility index (Phi) is 1.99. The fraction of sp³-hybridized carbons (Fsp3) is 0.700. The third kappa shape index (κ3) is 1.25. The zero-order valence-electron chi connectivity index (χ0n) is 8.23. The molecular weight excluding hydrogens is 194 g/mol. The molecule has 0 aromatic carbocycles. The molecular formula is C10H15N3S. The zero-order chi connectivity index (χ0) is 9.54. The lowest BCUT2D eigenvalue weighted by atomic mass is 9.70. The largest absolute Gasteiger partial charge is 0.380 e. The molecule has 3 heterocycles. The lowest BCUT2D eigenvalue weighted by molar-refractivity contribution is 0.194. The summed E-state index contributed by atoms with van der Waals surface area (Å²) in [5, 5.41) is 9.16. The Morgan fingerprint density at radius 2 is 2.64 bits per heavy atom. The predicted molar refractivity (Wildman–Crippen MR) is 58.6 cm³/mol. The van der Waals surface area contributed by atoms with Crippen LogP contribution in [0.25, 0.3) is 0 Å². The molecule has 4 heteroatoms. The smallest absolute Gasteiger partial charge is 0.0655 e. The van der Waals surface area contributed by atoms with Gasteiger partial charge in [0.2, 0.25) is 0 Å². The van der Waals surface area contributed by atoms with Gasteiger partial charge in [0.05, 0.1) is 11.9 Å². The lowest BCUT2D eigenvalue weighted by Crippen LogP contribution is -2.46. The third-order valence-electron chi connectivity index (χ3n) is 3.61. The SMILES string of the molecule is CC(Nc1cnsc1)C1C2CNC1C2. The van der Waals surface area contributed by atoms with Gasteiger partial charge < -0.3 is 10.6 Å². The number of anilines is 1. The van der Waals surface area contributed by atoms with Crippen molar-refractivity contribution in [2.75, 3.05) is 11.9 Å². The lowest BCUT2D eigenvalue weighted by Gasteiger charge is -2.39. The molecule has 2 N–H and O–H groups in total. The van der Waals surface area contributed by atoms with E-state index in [1.165, 1.54) is 30.2 Å². The molecule has 1 saturated carbocycles. The maximum Gasteiger partial charge on any atom is 0.0655 e. The molecule has 1 aliphatic carbocycles. The number of hydrogen-bond acceptors (Lipinski definition) is 4. The monoisotopic (exact) mass is 209 g/mol. The number of nitrogens with zero attached hydrogens (tertiary/aromatic N) is 1. The van der Waals surface area contributed by atoms with E-state index in [9.17, 15) is 0 Å². The van der Waals surface area contributed by atoms with Gasteiger partial charge in [-0.25, -0.2) is 0 Å². The second-order valence-corrected chi connectivity index (χ2v) is 5.09. The van der Waals surface area contributed by atoms with E-state index in [1.807, 2.05) is 6.20 Å². The Morgan fingerprint density at radius 1 is 1.71 bits per heavy atom. The van der Waals surface area contributed by atoms with Gasteiger partial charge in [0.1, 0.15) is 0 Å². The molecule has 76 valence electrons. The molecule has 0 amide bonds. The van der Waals surface area contributed by atoms with Crippen molar-refractivity contribution in [1.29, 1.82) is 0 Å². The highest BCUT2D eigenvalue weighted by molar-refractivity contribution is 7.04. The van der Waals surface area contributed by atoms with Gasteiger partial charge >= 0.3 is 0 Å². The van der Waals surface area contributed by atoms with Crippen molar-refractivity contribution in [3.63, 3.8) is 0 Å². The van der Waals surface area contributed by atoms with Crippen LogP contribution < -0.4 is 10.6 Å². The van der Waals surface area contributed by atoms with Gasteiger partial charge in [-0.3, -0.25) is 0 Å². The Bertz CT molecular complexity index is 297. The molecule has 2 aliphatic heterocycles. The van der Waals surface area contributed by atoms with Crippen LogP contribution in [0, 0.1) is 11.8 Å². The van der Waals surface area contributed by atoms with Crippen molar-refractivity contribution in [2.24, 2.45) is 11.8 Å². The highest BCUT2D eigenvalue weighted by atomic mass is 32.1. The molecule has 2 saturated heterocycles. The van der Waals surface area contributed by atoms with Crippen molar-refractivity contribution >= 4 is 17.2 Å². The van der Waals surface area contributed by atoms with E-state index in [0.29, 0.717) is 6.04 Å². The van der Waals surface area contributed by atoms with E-state index >= 15 is 0 Å².